The van der Waals surface area contributed by atoms with Gasteiger partial charge in [0.25, 0.3) is 5.91 Å². The minimum atomic E-state index is -0.841. The van der Waals surface area contributed by atoms with Gasteiger partial charge in [-0.3, -0.25) is 4.79 Å². The number of carbonyl (C=O) groups excluding carboxylic acids is 1. The molecular formula is C28H34F2N4O2. The lowest BCUT2D eigenvalue weighted by Gasteiger charge is -2.34. The molecular weight excluding hydrogens is 462 g/mol. The second-order valence-electron chi connectivity index (χ2n) is 9.17. The molecule has 1 amide bonds. The van der Waals surface area contributed by atoms with E-state index in [2.05, 4.69) is 16.0 Å². The van der Waals surface area contributed by atoms with E-state index in [9.17, 15) is 18.7 Å². The molecule has 1 aliphatic heterocycles. The van der Waals surface area contributed by atoms with E-state index in [-0.39, 0.29) is 23.6 Å². The van der Waals surface area contributed by atoms with Crippen molar-refractivity contribution in [2.45, 2.75) is 71.9 Å². The number of benzene rings is 1. The number of aryl methyl sites for hydroxylation is 2. The molecule has 0 bridgehead atoms. The maximum Gasteiger partial charge on any atom is 0.257 e. The number of hydrogen-bond acceptors (Lipinski definition) is 4. The smallest absolute Gasteiger partial charge is 0.257 e. The molecule has 0 spiro atoms. The van der Waals surface area contributed by atoms with Gasteiger partial charge in [0.1, 0.15) is 11.6 Å². The molecule has 192 valence electrons. The summed E-state index contributed by atoms with van der Waals surface area (Å²) in [7, 11) is 0. The van der Waals surface area contributed by atoms with Gasteiger partial charge in [0, 0.05) is 36.5 Å². The summed E-state index contributed by atoms with van der Waals surface area (Å²) in [4.78, 5) is 19.1. The van der Waals surface area contributed by atoms with Gasteiger partial charge in [-0.15, -0.1) is 12.3 Å². The predicted octanol–water partition coefficient (Wildman–Crippen LogP) is 5.41. The molecule has 4 rings (SSSR count). The topological polar surface area (TPSA) is 70.7 Å². The Morgan fingerprint density at radius 1 is 1.22 bits per heavy atom. The summed E-state index contributed by atoms with van der Waals surface area (Å²) >= 11 is 0. The number of carbonyl (C=O) groups is 1. The van der Waals surface area contributed by atoms with Gasteiger partial charge in [-0.2, -0.15) is 5.10 Å². The Bertz CT molecular complexity index is 1210. The monoisotopic (exact) mass is 496 g/mol. The van der Waals surface area contributed by atoms with Crippen molar-refractivity contribution >= 4 is 11.6 Å². The van der Waals surface area contributed by atoms with Crippen LogP contribution in [0.1, 0.15) is 79.3 Å². The molecule has 2 aromatic heterocycles. The number of hydrogen-bond donors (Lipinski definition) is 1. The Morgan fingerprint density at radius 2 is 1.97 bits per heavy atom. The van der Waals surface area contributed by atoms with Crippen LogP contribution in [-0.4, -0.2) is 43.2 Å². The van der Waals surface area contributed by atoms with Crippen molar-refractivity contribution in [2.75, 3.05) is 6.54 Å². The zero-order chi connectivity index (χ0) is 26.4. The van der Waals surface area contributed by atoms with Crippen molar-refractivity contribution in [1.29, 1.82) is 0 Å². The van der Waals surface area contributed by atoms with Crippen molar-refractivity contribution < 1.29 is 18.7 Å². The predicted molar refractivity (Wildman–Crippen MR) is 135 cm³/mol. The molecule has 1 saturated heterocycles. The van der Waals surface area contributed by atoms with Crippen LogP contribution in [0.5, 0.6) is 0 Å². The van der Waals surface area contributed by atoms with Crippen LogP contribution in [0, 0.1) is 43.7 Å². The van der Waals surface area contributed by atoms with Crippen LogP contribution < -0.4 is 0 Å². The van der Waals surface area contributed by atoms with Gasteiger partial charge >= 0.3 is 0 Å². The molecule has 1 aliphatic rings. The molecule has 0 aliphatic carbocycles. The fourth-order valence-corrected chi connectivity index (χ4v) is 4.37. The minimum Gasteiger partial charge on any atom is -0.392 e. The van der Waals surface area contributed by atoms with E-state index in [1.165, 1.54) is 6.07 Å². The largest absolute Gasteiger partial charge is 0.392 e. The number of aliphatic hydroxyl groups excluding tert-OH is 1. The third-order valence-corrected chi connectivity index (χ3v) is 6.71. The first-order valence-corrected chi connectivity index (χ1v) is 12.4. The highest BCUT2D eigenvalue weighted by Crippen LogP contribution is 2.32. The lowest BCUT2D eigenvalue weighted by Crippen LogP contribution is -2.39. The standard InChI is InChI=1S/C20H20F2N4O.C8H14O/c1-12-11-26-19(23-13(12)2)10-17(24-26)18-5-3-4-8-25(18)20(27)15-7-6-14(21)9-16(15)22;1-4-7(5-2)8(9)6-3/h6-7,9-11,18H,3-5,8H2,1-2H3;1,7-9H,5-6H2,2-3H3/t18-;7?,8-/m00/s1. The third kappa shape index (κ3) is 6.08. The summed E-state index contributed by atoms with van der Waals surface area (Å²) < 4.78 is 29.0. The first-order chi connectivity index (χ1) is 17.2. The summed E-state index contributed by atoms with van der Waals surface area (Å²) in [5.41, 5.74) is 3.31. The summed E-state index contributed by atoms with van der Waals surface area (Å²) in [6.07, 6.45) is 10.9. The Hall–Kier alpha value is -3.31. The molecule has 1 fully saturated rings. The van der Waals surface area contributed by atoms with Crippen LogP contribution in [0.3, 0.4) is 0 Å². The van der Waals surface area contributed by atoms with E-state index < -0.39 is 17.5 Å². The Kier molecular flexibility index (Phi) is 9.16. The number of rotatable bonds is 5. The molecule has 1 aromatic carbocycles. The summed E-state index contributed by atoms with van der Waals surface area (Å²) in [6.45, 7) is 8.35. The fourth-order valence-electron chi connectivity index (χ4n) is 4.37. The summed E-state index contributed by atoms with van der Waals surface area (Å²) in [6, 6.07) is 4.68. The Balaban J connectivity index is 0.000000345. The summed E-state index contributed by atoms with van der Waals surface area (Å²) in [5.74, 6) is 0.629. The minimum absolute atomic E-state index is 0.0509. The molecule has 0 radical (unpaired) electrons. The van der Waals surface area contributed by atoms with Crippen LogP contribution >= 0.6 is 0 Å². The van der Waals surface area contributed by atoms with Crippen LogP contribution in [0.15, 0.2) is 30.5 Å². The Morgan fingerprint density at radius 3 is 2.58 bits per heavy atom. The number of aromatic nitrogens is 3. The van der Waals surface area contributed by atoms with Crippen molar-refractivity contribution in [3.8, 4) is 12.3 Å². The van der Waals surface area contributed by atoms with Gasteiger partial charge in [-0.25, -0.2) is 18.3 Å². The van der Waals surface area contributed by atoms with Crippen LogP contribution in [-0.2, 0) is 0 Å². The zero-order valence-electron chi connectivity index (χ0n) is 21.3. The van der Waals surface area contributed by atoms with E-state index in [0.29, 0.717) is 6.54 Å². The number of likely N-dealkylation sites (tertiary alicyclic amines) is 1. The maximum atomic E-state index is 14.1. The molecule has 36 heavy (non-hydrogen) atoms. The first-order valence-electron chi connectivity index (χ1n) is 12.4. The average molecular weight is 497 g/mol. The van der Waals surface area contributed by atoms with E-state index in [4.69, 9.17) is 6.42 Å². The van der Waals surface area contributed by atoms with Crippen molar-refractivity contribution in [1.82, 2.24) is 19.5 Å². The molecule has 1 unspecified atom stereocenters. The van der Waals surface area contributed by atoms with E-state index in [1.54, 1.807) is 9.42 Å². The normalized spacial score (nSPS) is 17.2. The van der Waals surface area contributed by atoms with E-state index in [0.717, 1.165) is 66.8 Å². The molecule has 3 heterocycles. The van der Waals surface area contributed by atoms with E-state index in [1.807, 2.05) is 40.0 Å². The first kappa shape index (κ1) is 27.3. The average Bonchev–Trinajstić information content (AvgIpc) is 3.27. The number of aliphatic hydroxyl groups is 1. The number of piperidine rings is 1. The molecule has 3 aromatic rings. The quantitative estimate of drug-likeness (QED) is 0.480. The van der Waals surface area contributed by atoms with Crippen molar-refractivity contribution in [3.05, 3.63) is 64.6 Å². The SMILES string of the molecule is C#CC(CC)[C@@H](O)CC.Cc1cn2nc([C@@H]3CCCCN3C(=O)c3ccc(F)cc3F)cc2nc1C. The third-order valence-electron chi connectivity index (χ3n) is 6.71. The number of halogens is 2. The number of fused-ring (bicyclic) bond motifs is 1. The van der Waals surface area contributed by atoms with E-state index >= 15 is 0 Å². The number of terminal acetylenes is 1. The van der Waals surface area contributed by atoms with Crippen LogP contribution in [0.2, 0.25) is 0 Å². The van der Waals surface area contributed by atoms with Gasteiger partial charge in [0.05, 0.1) is 23.4 Å². The number of nitrogens with zero attached hydrogens (tertiary/aromatic N) is 4. The Labute approximate surface area is 211 Å². The highest BCUT2D eigenvalue weighted by atomic mass is 19.1. The molecule has 1 N–H and O–H groups in total. The van der Waals surface area contributed by atoms with Gasteiger partial charge in [-0.05, 0) is 63.6 Å². The highest BCUT2D eigenvalue weighted by Gasteiger charge is 2.32. The molecule has 8 heteroatoms. The van der Waals surface area contributed by atoms with Crippen LogP contribution in [0.4, 0.5) is 8.78 Å². The molecule has 6 nitrogen and oxygen atoms in total. The lowest BCUT2D eigenvalue weighted by molar-refractivity contribution is 0.0600. The maximum absolute atomic E-state index is 14.1. The van der Waals surface area contributed by atoms with Crippen molar-refractivity contribution in [2.24, 2.45) is 5.92 Å². The molecule has 0 saturated carbocycles. The van der Waals surface area contributed by atoms with Gasteiger partial charge in [0.2, 0.25) is 0 Å². The van der Waals surface area contributed by atoms with Gasteiger partial charge < -0.3 is 10.0 Å². The highest BCUT2D eigenvalue weighted by molar-refractivity contribution is 5.94. The summed E-state index contributed by atoms with van der Waals surface area (Å²) in [5, 5.41) is 13.8. The lowest BCUT2D eigenvalue weighted by atomic mass is 9.98. The fraction of sp³-hybridized carbons (Fsp3) is 0.464. The van der Waals surface area contributed by atoms with Gasteiger partial charge in [-0.1, -0.05) is 13.8 Å². The van der Waals surface area contributed by atoms with Gasteiger partial charge in [0.15, 0.2) is 5.65 Å². The number of amides is 1. The molecule has 3 atom stereocenters. The zero-order valence-corrected chi connectivity index (χ0v) is 21.3. The van der Waals surface area contributed by atoms with Crippen LogP contribution in [0.25, 0.3) is 5.65 Å². The van der Waals surface area contributed by atoms with Crippen molar-refractivity contribution in [3.63, 3.8) is 0 Å². The second-order valence-corrected chi connectivity index (χ2v) is 9.17. The second kappa shape index (κ2) is 12.1.